The summed E-state index contributed by atoms with van der Waals surface area (Å²) in [6, 6.07) is 6.04. The first-order chi connectivity index (χ1) is 11.9. The van der Waals surface area contributed by atoms with Crippen molar-refractivity contribution in [2.75, 3.05) is 31.7 Å². The van der Waals surface area contributed by atoms with Crippen LogP contribution in [0.3, 0.4) is 0 Å². The maximum Gasteiger partial charge on any atom is 0.414 e. The van der Waals surface area contributed by atoms with Crippen molar-refractivity contribution in [2.45, 2.75) is 12.5 Å². The van der Waals surface area contributed by atoms with Crippen LogP contribution in [0, 0.1) is 0 Å². The molecule has 9 heteroatoms. The Hall–Kier alpha value is -3.10. The summed E-state index contributed by atoms with van der Waals surface area (Å²) in [5.74, 6) is -1.26. The number of rotatable bonds is 4. The van der Waals surface area contributed by atoms with E-state index in [1.54, 1.807) is 31.2 Å². The Labute approximate surface area is 143 Å². The number of amides is 4. The molecule has 2 aliphatic heterocycles. The fourth-order valence-electron chi connectivity index (χ4n) is 2.84. The predicted octanol–water partition coefficient (Wildman–Crippen LogP) is 0.583. The maximum absolute atomic E-state index is 12.7. The number of imide groups is 1. The first kappa shape index (κ1) is 16.7. The number of ether oxygens (including phenoxy) is 2. The Morgan fingerprint density at radius 3 is 2.76 bits per heavy atom. The molecular weight excluding hydrogens is 330 g/mol. The lowest BCUT2D eigenvalue weighted by molar-refractivity contribution is -0.145. The van der Waals surface area contributed by atoms with E-state index < -0.39 is 36.1 Å². The largest absolute Gasteiger partial charge is 0.468 e. The molecule has 9 nitrogen and oxygen atoms in total. The highest BCUT2D eigenvalue weighted by Crippen LogP contribution is 2.31. The minimum Gasteiger partial charge on any atom is -0.468 e. The second-order valence-corrected chi connectivity index (χ2v) is 5.84. The topological polar surface area (TPSA) is 105 Å². The Morgan fingerprint density at radius 1 is 1.36 bits per heavy atom. The van der Waals surface area contributed by atoms with Gasteiger partial charge in [0.05, 0.1) is 13.7 Å². The van der Waals surface area contributed by atoms with Gasteiger partial charge in [-0.2, -0.15) is 0 Å². The molecule has 2 saturated heterocycles. The molecule has 1 aromatic rings. The normalized spacial score (nSPS) is 22.9. The summed E-state index contributed by atoms with van der Waals surface area (Å²) in [5, 5.41) is 2.60. The van der Waals surface area contributed by atoms with Gasteiger partial charge in [-0.15, -0.1) is 0 Å². The first-order valence-corrected chi connectivity index (χ1v) is 7.62. The van der Waals surface area contributed by atoms with Crippen molar-refractivity contribution in [2.24, 2.45) is 0 Å². The van der Waals surface area contributed by atoms with Crippen LogP contribution in [0.5, 0.6) is 0 Å². The highest BCUT2D eigenvalue weighted by atomic mass is 16.6. The van der Waals surface area contributed by atoms with Crippen LogP contribution in [-0.4, -0.2) is 55.7 Å². The second-order valence-electron chi connectivity index (χ2n) is 5.84. The van der Waals surface area contributed by atoms with Gasteiger partial charge in [-0.05, 0) is 24.6 Å². The minimum absolute atomic E-state index is 0.295. The highest BCUT2D eigenvalue weighted by molar-refractivity contribution is 6.09. The van der Waals surface area contributed by atoms with Gasteiger partial charge in [0.2, 0.25) is 0 Å². The Morgan fingerprint density at radius 2 is 2.12 bits per heavy atom. The van der Waals surface area contributed by atoms with Gasteiger partial charge in [0, 0.05) is 5.69 Å². The molecular formula is C16H17N3O6. The van der Waals surface area contributed by atoms with E-state index in [1.165, 1.54) is 12.0 Å². The number of urea groups is 1. The fourth-order valence-corrected chi connectivity index (χ4v) is 2.84. The summed E-state index contributed by atoms with van der Waals surface area (Å²) in [5.41, 5.74) is -0.282. The number of nitrogens with one attached hydrogen (secondary N) is 1. The van der Waals surface area contributed by atoms with E-state index >= 15 is 0 Å². The smallest absolute Gasteiger partial charge is 0.414 e. The Balaban J connectivity index is 1.90. The van der Waals surface area contributed by atoms with Crippen molar-refractivity contribution in [1.29, 1.82) is 0 Å². The molecule has 0 bridgehead atoms. The van der Waals surface area contributed by atoms with Crippen LogP contribution >= 0.6 is 0 Å². The summed E-state index contributed by atoms with van der Waals surface area (Å²) in [6.07, 6.45) is -0.462. The zero-order chi connectivity index (χ0) is 18.2. The lowest BCUT2D eigenvalue weighted by atomic mass is 9.91. The summed E-state index contributed by atoms with van der Waals surface area (Å²) < 4.78 is 9.42. The molecule has 0 aliphatic carbocycles. The number of carbonyl (C=O) groups is 4. The number of carbonyl (C=O) groups excluding carboxylic acids is 4. The second kappa shape index (κ2) is 6.08. The standard InChI is InChI=1S/C16H17N3O6/c1-16(13(21)19(14(22)17-16)9-12(20)24-2)10-4-3-5-11(8-10)18-6-7-25-15(18)23/h3-5,8H,6-7,9H2,1-2H3,(H,17,22)/t16-/m0/s1. The van der Waals surface area contributed by atoms with Crippen molar-refractivity contribution in [1.82, 2.24) is 10.2 Å². The van der Waals surface area contributed by atoms with Crippen LogP contribution in [-0.2, 0) is 24.6 Å². The zero-order valence-electron chi connectivity index (χ0n) is 13.8. The SMILES string of the molecule is COC(=O)CN1C(=O)N[C@@](C)(c2cccc(N3CCOC3=O)c2)C1=O. The molecule has 25 heavy (non-hydrogen) atoms. The average Bonchev–Trinajstić information content (AvgIpc) is 3.12. The predicted molar refractivity (Wildman–Crippen MR) is 84.7 cm³/mol. The van der Waals surface area contributed by atoms with Crippen LogP contribution in [0.1, 0.15) is 12.5 Å². The van der Waals surface area contributed by atoms with Gasteiger partial charge in [0.1, 0.15) is 18.7 Å². The number of anilines is 1. The molecule has 3 rings (SSSR count). The van der Waals surface area contributed by atoms with E-state index in [9.17, 15) is 19.2 Å². The van der Waals surface area contributed by atoms with E-state index in [1.807, 2.05) is 0 Å². The fraction of sp³-hybridized carbons (Fsp3) is 0.375. The quantitative estimate of drug-likeness (QED) is 0.631. The van der Waals surface area contributed by atoms with E-state index in [0.717, 1.165) is 4.90 Å². The van der Waals surface area contributed by atoms with Gasteiger partial charge in [-0.25, -0.2) is 9.59 Å². The molecule has 2 fully saturated rings. The van der Waals surface area contributed by atoms with Gasteiger partial charge < -0.3 is 14.8 Å². The van der Waals surface area contributed by atoms with E-state index in [-0.39, 0.29) is 0 Å². The molecule has 0 aromatic heterocycles. The van der Waals surface area contributed by atoms with Crippen LogP contribution < -0.4 is 10.2 Å². The molecule has 0 spiro atoms. The number of cyclic esters (lactones) is 1. The third-order valence-electron chi connectivity index (χ3n) is 4.29. The van der Waals surface area contributed by atoms with Gasteiger partial charge >= 0.3 is 18.1 Å². The summed E-state index contributed by atoms with van der Waals surface area (Å²) in [7, 11) is 1.18. The van der Waals surface area contributed by atoms with E-state index in [4.69, 9.17) is 4.74 Å². The number of nitrogens with zero attached hydrogens (tertiary/aromatic N) is 2. The number of esters is 1. The monoisotopic (exact) mass is 347 g/mol. The van der Waals surface area contributed by atoms with Gasteiger partial charge in [0.15, 0.2) is 0 Å². The van der Waals surface area contributed by atoms with Crippen molar-refractivity contribution < 1.29 is 28.7 Å². The van der Waals surface area contributed by atoms with Crippen LogP contribution in [0.2, 0.25) is 0 Å². The van der Waals surface area contributed by atoms with Crippen LogP contribution in [0.25, 0.3) is 0 Å². The number of hydrogen-bond donors (Lipinski definition) is 1. The zero-order valence-corrected chi connectivity index (χ0v) is 13.8. The average molecular weight is 347 g/mol. The molecule has 1 atom stereocenters. The molecule has 0 saturated carbocycles. The lowest BCUT2D eigenvalue weighted by Crippen LogP contribution is -2.41. The van der Waals surface area contributed by atoms with Gasteiger partial charge in [-0.3, -0.25) is 19.4 Å². The lowest BCUT2D eigenvalue weighted by Gasteiger charge is -2.24. The molecule has 0 radical (unpaired) electrons. The van der Waals surface area contributed by atoms with Crippen molar-refractivity contribution >= 4 is 29.7 Å². The number of hydrogen-bond acceptors (Lipinski definition) is 6. The third kappa shape index (κ3) is 2.77. The molecule has 4 amide bonds. The molecule has 2 aliphatic rings. The van der Waals surface area contributed by atoms with E-state index in [2.05, 4.69) is 10.1 Å². The minimum atomic E-state index is -1.34. The molecule has 1 aromatic carbocycles. The Kier molecular flexibility index (Phi) is 4.07. The Bertz CT molecular complexity index is 764. The van der Waals surface area contributed by atoms with Gasteiger partial charge in [0.25, 0.3) is 5.91 Å². The van der Waals surface area contributed by atoms with Gasteiger partial charge in [-0.1, -0.05) is 12.1 Å². The number of methoxy groups -OCH3 is 1. The highest BCUT2D eigenvalue weighted by Gasteiger charge is 2.49. The molecule has 132 valence electrons. The molecule has 0 unspecified atom stereocenters. The van der Waals surface area contributed by atoms with Crippen LogP contribution in [0.4, 0.5) is 15.3 Å². The molecule has 2 heterocycles. The third-order valence-corrected chi connectivity index (χ3v) is 4.29. The van der Waals surface area contributed by atoms with Crippen molar-refractivity contribution in [3.05, 3.63) is 29.8 Å². The summed E-state index contributed by atoms with van der Waals surface area (Å²) in [4.78, 5) is 50.2. The number of benzene rings is 1. The molecule has 1 N–H and O–H groups in total. The van der Waals surface area contributed by atoms with Crippen LogP contribution in [0.15, 0.2) is 24.3 Å². The maximum atomic E-state index is 12.7. The van der Waals surface area contributed by atoms with Crippen molar-refractivity contribution in [3.8, 4) is 0 Å². The van der Waals surface area contributed by atoms with E-state index in [0.29, 0.717) is 24.4 Å². The summed E-state index contributed by atoms with van der Waals surface area (Å²) in [6.45, 7) is 1.79. The first-order valence-electron chi connectivity index (χ1n) is 7.62. The van der Waals surface area contributed by atoms with Crippen molar-refractivity contribution in [3.63, 3.8) is 0 Å². The summed E-state index contributed by atoms with van der Waals surface area (Å²) >= 11 is 0.